The van der Waals surface area contributed by atoms with Crippen molar-refractivity contribution in [3.63, 3.8) is 0 Å². The van der Waals surface area contributed by atoms with Gasteiger partial charge in [0, 0.05) is 26.7 Å². The average molecular weight is 277 g/mol. The smallest absolute Gasteiger partial charge is 0.272 e. The molecule has 1 N–H and O–H groups in total. The maximum absolute atomic E-state index is 12.2. The van der Waals surface area contributed by atoms with E-state index in [1.54, 1.807) is 13.1 Å². The molecule has 1 aromatic rings. The molecule has 2 heterocycles. The summed E-state index contributed by atoms with van der Waals surface area (Å²) in [6.45, 7) is 2.32. The van der Waals surface area contributed by atoms with Crippen molar-refractivity contribution in [3.05, 3.63) is 23.9 Å². The molecule has 1 aliphatic rings. The van der Waals surface area contributed by atoms with Crippen molar-refractivity contribution in [1.29, 1.82) is 0 Å². The SMILES string of the molecule is CN(CCO)C(=O)c1cccc(N2CCCCCC2)n1. The van der Waals surface area contributed by atoms with Crippen molar-refractivity contribution >= 4 is 11.7 Å². The highest BCUT2D eigenvalue weighted by atomic mass is 16.3. The van der Waals surface area contributed by atoms with Crippen LogP contribution in [0.3, 0.4) is 0 Å². The molecule has 0 saturated carbocycles. The number of aliphatic hydroxyl groups is 1. The molecule has 5 heteroatoms. The summed E-state index contributed by atoms with van der Waals surface area (Å²) in [5.74, 6) is 0.742. The number of nitrogens with zero attached hydrogens (tertiary/aromatic N) is 3. The molecule has 5 nitrogen and oxygen atoms in total. The fourth-order valence-electron chi connectivity index (χ4n) is 2.47. The lowest BCUT2D eigenvalue weighted by Gasteiger charge is -2.22. The van der Waals surface area contributed by atoms with Gasteiger partial charge in [-0.25, -0.2) is 4.98 Å². The first kappa shape index (κ1) is 14.8. The Morgan fingerprint density at radius 2 is 2.00 bits per heavy atom. The molecule has 1 saturated heterocycles. The minimum Gasteiger partial charge on any atom is -0.395 e. The topological polar surface area (TPSA) is 56.7 Å². The summed E-state index contributed by atoms with van der Waals surface area (Å²) in [5, 5.41) is 8.90. The number of carbonyl (C=O) groups is 1. The summed E-state index contributed by atoms with van der Waals surface area (Å²) in [7, 11) is 1.68. The largest absolute Gasteiger partial charge is 0.395 e. The lowest BCUT2D eigenvalue weighted by molar-refractivity contribution is 0.0761. The van der Waals surface area contributed by atoms with Crippen LogP contribution in [0.15, 0.2) is 18.2 Å². The molecule has 0 bridgehead atoms. The van der Waals surface area contributed by atoms with Crippen LogP contribution in [0.25, 0.3) is 0 Å². The molecule has 110 valence electrons. The van der Waals surface area contributed by atoms with E-state index in [-0.39, 0.29) is 12.5 Å². The van der Waals surface area contributed by atoms with Crippen LogP contribution in [0, 0.1) is 0 Å². The molecule has 1 aromatic heterocycles. The summed E-state index contributed by atoms with van der Waals surface area (Å²) < 4.78 is 0. The summed E-state index contributed by atoms with van der Waals surface area (Å²) in [5.41, 5.74) is 0.447. The van der Waals surface area contributed by atoms with Gasteiger partial charge in [-0.1, -0.05) is 18.9 Å². The molecule has 0 unspecified atom stereocenters. The van der Waals surface area contributed by atoms with Gasteiger partial charge in [0.15, 0.2) is 0 Å². The van der Waals surface area contributed by atoms with Crippen LogP contribution in [0.5, 0.6) is 0 Å². The van der Waals surface area contributed by atoms with Gasteiger partial charge in [0.25, 0.3) is 5.91 Å². The van der Waals surface area contributed by atoms with Crippen molar-refractivity contribution in [2.45, 2.75) is 25.7 Å². The average Bonchev–Trinajstić information content (AvgIpc) is 2.76. The Hall–Kier alpha value is -1.62. The first-order valence-corrected chi connectivity index (χ1v) is 7.30. The number of aliphatic hydroxyl groups excluding tert-OH is 1. The number of anilines is 1. The standard InChI is InChI=1S/C15H23N3O2/c1-17(11-12-19)15(20)13-7-6-8-14(16-13)18-9-4-2-3-5-10-18/h6-8,19H,2-5,9-12H2,1H3. The molecule has 1 amide bonds. The molecule has 20 heavy (non-hydrogen) atoms. The van der Waals surface area contributed by atoms with E-state index in [1.807, 2.05) is 12.1 Å². The lowest BCUT2D eigenvalue weighted by atomic mass is 10.2. The van der Waals surface area contributed by atoms with E-state index >= 15 is 0 Å². The van der Waals surface area contributed by atoms with Gasteiger partial charge in [-0.05, 0) is 25.0 Å². The van der Waals surface area contributed by atoms with E-state index in [0.717, 1.165) is 18.9 Å². The highest BCUT2D eigenvalue weighted by Gasteiger charge is 2.16. The fourth-order valence-corrected chi connectivity index (χ4v) is 2.47. The van der Waals surface area contributed by atoms with Gasteiger partial charge in [0.2, 0.25) is 0 Å². The van der Waals surface area contributed by atoms with E-state index in [1.165, 1.54) is 30.6 Å². The number of pyridine rings is 1. The zero-order valence-electron chi connectivity index (χ0n) is 12.1. The highest BCUT2D eigenvalue weighted by Crippen LogP contribution is 2.18. The Morgan fingerprint density at radius 3 is 2.65 bits per heavy atom. The van der Waals surface area contributed by atoms with Gasteiger partial charge in [0.05, 0.1) is 6.61 Å². The maximum atomic E-state index is 12.2. The van der Waals surface area contributed by atoms with Crippen molar-refractivity contribution in [1.82, 2.24) is 9.88 Å². The van der Waals surface area contributed by atoms with Gasteiger partial charge in [0.1, 0.15) is 11.5 Å². The van der Waals surface area contributed by atoms with E-state index in [4.69, 9.17) is 5.11 Å². The zero-order chi connectivity index (χ0) is 14.4. The molecule has 0 atom stereocenters. The van der Waals surface area contributed by atoms with E-state index < -0.39 is 0 Å². The lowest BCUT2D eigenvalue weighted by Crippen LogP contribution is -2.31. The third kappa shape index (κ3) is 3.70. The van der Waals surface area contributed by atoms with Crippen LogP contribution in [-0.2, 0) is 0 Å². The number of carbonyl (C=O) groups excluding carboxylic acids is 1. The molecule has 1 aliphatic heterocycles. The molecular weight excluding hydrogens is 254 g/mol. The van der Waals surface area contributed by atoms with Gasteiger partial charge in [-0.3, -0.25) is 4.79 Å². The van der Waals surface area contributed by atoms with Crippen LogP contribution >= 0.6 is 0 Å². The van der Waals surface area contributed by atoms with E-state index in [0.29, 0.717) is 12.2 Å². The number of hydrogen-bond acceptors (Lipinski definition) is 4. The molecule has 0 aromatic carbocycles. The maximum Gasteiger partial charge on any atom is 0.272 e. The number of aromatic nitrogens is 1. The van der Waals surface area contributed by atoms with Crippen molar-refractivity contribution in [2.75, 3.05) is 38.2 Å². The molecule has 0 spiro atoms. The van der Waals surface area contributed by atoms with Crippen LogP contribution in [-0.4, -0.2) is 54.2 Å². The quantitative estimate of drug-likeness (QED) is 0.906. The highest BCUT2D eigenvalue weighted by molar-refractivity contribution is 5.92. The van der Waals surface area contributed by atoms with Crippen molar-refractivity contribution in [2.24, 2.45) is 0 Å². The summed E-state index contributed by atoms with van der Waals surface area (Å²) in [6.07, 6.45) is 4.91. The third-order valence-electron chi connectivity index (χ3n) is 3.67. The molecule has 1 fully saturated rings. The molecular formula is C15H23N3O2. The Morgan fingerprint density at radius 1 is 1.30 bits per heavy atom. The molecule has 0 radical (unpaired) electrons. The Balaban J connectivity index is 2.12. The van der Waals surface area contributed by atoms with Crippen LogP contribution in [0.4, 0.5) is 5.82 Å². The van der Waals surface area contributed by atoms with Crippen molar-refractivity contribution < 1.29 is 9.90 Å². The Bertz CT molecular complexity index is 442. The second-order valence-electron chi connectivity index (χ2n) is 5.23. The molecule has 2 rings (SSSR count). The Kier molecular flexibility index (Phi) is 5.35. The normalized spacial score (nSPS) is 15.8. The van der Waals surface area contributed by atoms with E-state index in [2.05, 4.69) is 9.88 Å². The Labute approximate surface area is 120 Å². The summed E-state index contributed by atoms with van der Waals surface area (Å²) >= 11 is 0. The first-order chi connectivity index (χ1) is 9.72. The number of amides is 1. The minimum atomic E-state index is -0.143. The van der Waals surface area contributed by atoms with Gasteiger partial charge < -0.3 is 14.9 Å². The predicted octanol–water partition coefficient (Wildman–Crippen LogP) is 1.53. The summed E-state index contributed by atoms with van der Waals surface area (Å²) in [6, 6.07) is 5.58. The fraction of sp³-hybridized carbons (Fsp3) is 0.600. The summed E-state index contributed by atoms with van der Waals surface area (Å²) in [4.78, 5) is 20.4. The predicted molar refractivity (Wildman–Crippen MR) is 79.0 cm³/mol. The third-order valence-corrected chi connectivity index (χ3v) is 3.67. The van der Waals surface area contributed by atoms with Gasteiger partial charge in [-0.2, -0.15) is 0 Å². The van der Waals surface area contributed by atoms with Crippen LogP contribution < -0.4 is 4.90 Å². The van der Waals surface area contributed by atoms with Crippen LogP contribution in [0.1, 0.15) is 36.2 Å². The minimum absolute atomic E-state index is 0.0337. The van der Waals surface area contributed by atoms with Gasteiger partial charge in [-0.15, -0.1) is 0 Å². The number of hydrogen-bond donors (Lipinski definition) is 1. The second kappa shape index (κ2) is 7.24. The second-order valence-corrected chi connectivity index (χ2v) is 5.23. The monoisotopic (exact) mass is 277 g/mol. The molecule has 0 aliphatic carbocycles. The first-order valence-electron chi connectivity index (χ1n) is 7.30. The van der Waals surface area contributed by atoms with Crippen LogP contribution in [0.2, 0.25) is 0 Å². The zero-order valence-corrected chi connectivity index (χ0v) is 12.1. The van der Waals surface area contributed by atoms with Gasteiger partial charge >= 0.3 is 0 Å². The van der Waals surface area contributed by atoms with Crippen molar-refractivity contribution in [3.8, 4) is 0 Å². The van der Waals surface area contributed by atoms with E-state index in [9.17, 15) is 4.79 Å². The number of likely N-dealkylation sites (N-methyl/N-ethyl adjacent to an activating group) is 1. The number of rotatable bonds is 4.